The van der Waals surface area contributed by atoms with E-state index in [-0.39, 0.29) is 32.4 Å². The molecule has 104 valence electrons. The molecule has 0 spiro atoms. The van der Waals surface area contributed by atoms with Gasteiger partial charge in [0, 0.05) is 15.6 Å². The van der Waals surface area contributed by atoms with E-state index in [1.54, 1.807) is 18.2 Å². The molecule has 2 aromatic carbocycles. The molecule has 0 aromatic heterocycles. The van der Waals surface area contributed by atoms with Gasteiger partial charge in [-0.3, -0.25) is 19.7 Å². The quantitative estimate of drug-likeness (QED) is 0.450. The molecule has 21 heavy (non-hydrogen) atoms. The van der Waals surface area contributed by atoms with Gasteiger partial charge >= 0.3 is 0 Å². The second-order valence-electron chi connectivity index (χ2n) is 4.40. The minimum Gasteiger partial charge on any atom is -0.289 e. The van der Waals surface area contributed by atoms with Crippen molar-refractivity contribution in [1.82, 2.24) is 0 Å². The van der Waals surface area contributed by atoms with Crippen molar-refractivity contribution in [1.29, 1.82) is 0 Å². The van der Waals surface area contributed by atoms with E-state index >= 15 is 0 Å². The number of hydrogen-bond acceptors (Lipinski definition) is 4. The van der Waals surface area contributed by atoms with E-state index in [1.807, 2.05) is 0 Å². The van der Waals surface area contributed by atoms with Crippen LogP contribution < -0.4 is 0 Å². The fourth-order valence-corrected chi connectivity index (χ4v) is 3.87. The van der Waals surface area contributed by atoms with Crippen LogP contribution in [-0.2, 0) is 0 Å². The molecule has 0 radical (unpaired) electrons. The molecule has 5 nitrogen and oxygen atoms in total. The molecule has 7 heteroatoms. The Morgan fingerprint density at radius 2 is 1.43 bits per heavy atom. The molecule has 1 aliphatic rings. The maximum Gasteiger partial charge on any atom is 0.295 e. The van der Waals surface area contributed by atoms with Gasteiger partial charge in [-0.05, 0) is 37.9 Å². The van der Waals surface area contributed by atoms with E-state index in [0.29, 0.717) is 4.47 Å². The standard InChI is InChI=1S/C14H5Br2NO4/c15-8-5-9(16)12(17(20)21)11-10(8)13(18)6-3-1-2-4-7(6)14(11)19/h1-5H. The van der Waals surface area contributed by atoms with Gasteiger partial charge in [-0.1, -0.05) is 24.3 Å². The second kappa shape index (κ2) is 4.85. The zero-order valence-electron chi connectivity index (χ0n) is 10.2. The minimum absolute atomic E-state index is 0.0357. The molecule has 0 saturated carbocycles. The molecule has 0 heterocycles. The van der Waals surface area contributed by atoms with Gasteiger partial charge in [0.15, 0.2) is 5.78 Å². The van der Waals surface area contributed by atoms with Crippen molar-refractivity contribution in [2.24, 2.45) is 0 Å². The minimum atomic E-state index is -0.658. The van der Waals surface area contributed by atoms with Crippen LogP contribution in [0.4, 0.5) is 5.69 Å². The van der Waals surface area contributed by atoms with Crippen molar-refractivity contribution < 1.29 is 14.5 Å². The van der Waals surface area contributed by atoms with Crippen LogP contribution in [-0.4, -0.2) is 16.5 Å². The van der Waals surface area contributed by atoms with Crippen LogP contribution in [0.25, 0.3) is 0 Å². The zero-order valence-corrected chi connectivity index (χ0v) is 13.4. The molecule has 0 unspecified atom stereocenters. The van der Waals surface area contributed by atoms with Crippen molar-refractivity contribution in [3.8, 4) is 0 Å². The van der Waals surface area contributed by atoms with E-state index in [9.17, 15) is 19.7 Å². The van der Waals surface area contributed by atoms with Crippen LogP contribution in [0.15, 0.2) is 39.3 Å². The number of carbonyl (C=O) groups excluding carboxylic acids is 2. The van der Waals surface area contributed by atoms with Crippen LogP contribution in [0.5, 0.6) is 0 Å². The lowest BCUT2D eigenvalue weighted by molar-refractivity contribution is -0.385. The van der Waals surface area contributed by atoms with Gasteiger partial charge in [-0.2, -0.15) is 0 Å². The highest BCUT2D eigenvalue weighted by Crippen LogP contribution is 2.41. The predicted octanol–water partition coefficient (Wildman–Crippen LogP) is 3.90. The van der Waals surface area contributed by atoms with Gasteiger partial charge in [-0.15, -0.1) is 0 Å². The Hall–Kier alpha value is -1.86. The van der Waals surface area contributed by atoms with Crippen LogP contribution in [0.1, 0.15) is 31.8 Å². The fraction of sp³-hybridized carbons (Fsp3) is 0. The van der Waals surface area contributed by atoms with Gasteiger partial charge < -0.3 is 0 Å². The Kier molecular flexibility index (Phi) is 3.26. The monoisotopic (exact) mass is 409 g/mol. The third-order valence-corrected chi connectivity index (χ3v) is 4.49. The molecule has 0 bridgehead atoms. The summed E-state index contributed by atoms with van der Waals surface area (Å²) in [5.74, 6) is -0.920. The van der Waals surface area contributed by atoms with Gasteiger partial charge in [-0.25, -0.2) is 0 Å². The lowest BCUT2D eigenvalue weighted by atomic mass is 9.83. The van der Waals surface area contributed by atoms with Crippen molar-refractivity contribution in [3.05, 3.63) is 71.6 Å². The normalized spacial score (nSPS) is 12.9. The lowest BCUT2D eigenvalue weighted by Gasteiger charge is -2.18. The zero-order chi connectivity index (χ0) is 15.3. The third kappa shape index (κ3) is 1.96. The number of benzene rings is 2. The summed E-state index contributed by atoms with van der Waals surface area (Å²) in [6.07, 6.45) is 0. The summed E-state index contributed by atoms with van der Waals surface area (Å²) in [5, 5.41) is 11.3. The fourth-order valence-electron chi connectivity index (χ4n) is 2.38. The highest BCUT2D eigenvalue weighted by molar-refractivity contribution is 9.11. The second-order valence-corrected chi connectivity index (χ2v) is 6.11. The summed E-state index contributed by atoms with van der Waals surface area (Å²) in [5.41, 5.74) is -0.0879. The summed E-state index contributed by atoms with van der Waals surface area (Å²) in [6, 6.07) is 7.72. The SMILES string of the molecule is O=C1c2ccccc2C(=O)c2c1c(Br)cc(Br)c2[N+](=O)[O-]. The van der Waals surface area contributed by atoms with Crippen LogP contribution in [0, 0.1) is 10.1 Å². The number of carbonyl (C=O) groups is 2. The third-order valence-electron chi connectivity index (χ3n) is 3.26. The molecule has 0 fully saturated rings. The average molecular weight is 411 g/mol. The molecule has 0 saturated heterocycles. The van der Waals surface area contributed by atoms with E-state index < -0.39 is 16.5 Å². The average Bonchev–Trinajstić information content (AvgIpc) is 2.43. The number of ketones is 2. The number of fused-ring (bicyclic) bond motifs is 2. The predicted molar refractivity (Wildman–Crippen MR) is 81.8 cm³/mol. The number of halogens is 2. The van der Waals surface area contributed by atoms with Gasteiger partial charge in [0.25, 0.3) is 5.69 Å². The maximum absolute atomic E-state index is 12.6. The van der Waals surface area contributed by atoms with Crippen LogP contribution in [0.3, 0.4) is 0 Å². The summed E-state index contributed by atoms with van der Waals surface area (Å²) in [4.78, 5) is 35.7. The summed E-state index contributed by atoms with van der Waals surface area (Å²) >= 11 is 6.29. The van der Waals surface area contributed by atoms with E-state index in [4.69, 9.17) is 0 Å². The van der Waals surface area contributed by atoms with Crippen molar-refractivity contribution in [2.75, 3.05) is 0 Å². The van der Waals surface area contributed by atoms with Gasteiger partial charge in [0.2, 0.25) is 5.78 Å². The van der Waals surface area contributed by atoms with E-state index in [2.05, 4.69) is 31.9 Å². The summed E-state index contributed by atoms with van der Waals surface area (Å²) < 4.78 is 0.501. The maximum atomic E-state index is 12.6. The number of nitro groups is 1. The number of rotatable bonds is 1. The molecule has 0 amide bonds. The molecule has 0 aliphatic heterocycles. The molecule has 3 rings (SSSR count). The van der Waals surface area contributed by atoms with Gasteiger partial charge in [0.1, 0.15) is 5.56 Å². The molecular weight excluding hydrogens is 406 g/mol. The van der Waals surface area contributed by atoms with Crippen LogP contribution >= 0.6 is 31.9 Å². The van der Waals surface area contributed by atoms with Crippen molar-refractivity contribution in [2.45, 2.75) is 0 Å². The Morgan fingerprint density at radius 3 is 1.95 bits per heavy atom. The lowest BCUT2D eigenvalue weighted by Crippen LogP contribution is -2.23. The number of hydrogen-bond donors (Lipinski definition) is 0. The first-order valence-electron chi connectivity index (χ1n) is 5.78. The molecular formula is C14H5Br2NO4. The van der Waals surface area contributed by atoms with Crippen LogP contribution in [0.2, 0.25) is 0 Å². The summed E-state index contributed by atoms with van der Waals surface area (Å²) in [7, 11) is 0. The van der Waals surface area contributed by atoms with E-state index in [1.165, 1.54) is 12.1 Å². The highest BCUT2D eigenvalue weighted by Gasteiger charge is 2.38. The smallest absolute Gasteiger partial charge is 0.289 e. The van der Waals surface area contributed by atoms with Gasteiger partial charge in [0.05, 0.1) is 15.0 Å². The Bertz CT molecular complexity index is 845. The molecule has 0 atom stereocenters. The molecule has 0 N–H and O–H groups in total. The Labute approximate surface area is 135 Å². The molecule has 1 aliphatic carbocycles. The largest absolute Gasteiger partial charge is 0.295 e. The van der Waals surface area contributed by atoms with Crippen molar-refractivity contribution in [3.63, 3.8) is 0 Å². The number of nitro benzene ring substituents is 1. The first-order chi connectivity index (χ1) is 9.93. The summed E-state index contributed by atoms with van der Waals surface area (Å²) in [6.45, 7) is 0. The molecule has 2 aromatic rings. The van der Waals surface area contributed by atoms with E-state index in [0.717, 1.165) is 0 Å². The Morgan fingerprint density at radius 1 is 0.905 bits per heavy atom. The number of nitrogens with zero attached hydrogens (tertiary/aromatic N) is 1. The first-order valence-corrected chi connectivity index (χ1v) is 7.37. The topological polar surface area (TPSA) is 77.3 Å². The Balaban J connectivity index is 2.45. The first kappa shape index (κ1) is 14.1. The van der Waals surface area contributed by atoms with Crippen molar-refractivity contribution >= 4 is 49.1 Å². The highest BCUT2D eigenvalue weighted by atomic mass is 79.9.